The Labute approximate surface area is 117 Å². The molecule has 19 heavy (non-hydrogen) atoms. The molecule has 0 spiro atoms. The maximum atomic E-state index is 4.49. The first-order valence-electron chi connectivity index (χ1n) is 7.67. The van der Waals surface area contributed by atoms with Crippen LogP contribution >= 0.6 is 0 Å². The summed E-state index contributed by atoms with van der Waals surface area (Å²) in [7, 11) is 2.00. The number of likely N-dealkylation sites (tertiary alicyclic amines) is 1. The van der Waals surface area contributed by atoms with E-state index < -0.39 is 0 Å². The van der Waals surface area contributed by atoms with E-state index in [1.165, 1.54) is 43.7 Å². The van der Waals surface area contributed by atoms with Gasteiger partial charge in [-0.25, -0.2) is 0 Å². The van der Waals surface area contributed by atoms with Gasteiger partial charge >= 0.3 is 0 Å². The molecule has 2 rings (SSSR count). The van der Waals surface area contributed by atoms with E-state index >= 15 is 0 Å². The first-order chi connectivity index (χ1) is 9.22. The van der Waals surface area contributed by atoms with Crippen molar-refractivity contribution >= 4 is 0 Å². The molecule has 0 aromatic carbocycles. The quantitative estimate of drug-likeness (QED) is 0.850. The van der Waals surface area contributed by atoms with Crippen molar-refractivity contribution in [2.24, 2.45) is 13.0 Å². The highest BCUT2D eigenvalue weighted by atomic mass is 15.3. The van der Waals surface area contributed by atoms with E-state index in [0.29, 0.717) is 0 Å². The summed E-state index contributed by atoms with van der Waals surface area (Å²) < 4.78 is 1.93. The molecule has 0 atom stereocenters. The minimum absolute atomic E-state index is 0.851. The highest BCUT2D eigenvalue weighted by Gasteiger charge is 2.17. The van der Waals surface area contributed by atoms with Crippen LogP contribution in [0.1, 0.15) is 37.9 Å². The Morgan fingerprint density at radius 2 is 2.05 bits per heavy atom. The van der Waals surface area contributed by atoms with Crippen molar-refractivity contribution in [3.8, 4) is 0 Å². The fourth-order valence-corrected chi connectivity index (χ4v) is 2.95. The van der Waals surface area contributed by atoms with E-state index in [2.05, 4.69) is 35.4 Å². The second-order valence-electron chi connectivity index (χ2n) is 5.64. The average Bonchev–Trinajstić information content (AvgIpc) is 2.80. The van der Waals surface area contributed by atoms with Gasteiger partial charge in [-0.3, -0.25) is 4.68 Å². The smallest absolute Gasteiger partial charge is 0.0666 e. The molecule has 0 bridgehead atoms. The second-order valence-corrected chi connectivity index (χ2v) is 5.64. The number of piperidine rings is 1. The molecule has 0 amide bonds. The van der Waals surface area contributed by atoms with Gasteiger partial charge in [0.2, 0.25) is 0 Å². The van der Waals surface area contributed by atoms with Gasteiger partial charge in [-0.05, 0) is 51.4 Å². The highest BCUT2D eigenvalue weighted by molar-refractivity contribution is 5.16. The summed E-state index contributed by atoms with van der Waals surface area (Å²) in [6.07, 6.45) is 5.85. The zero-order valence-electron chi connectivity index (χ0n) is 12.7. The van der Waals surface area contributed by atoms with Crippen LogP contribution in [0.25, 0.3) is 0 Å². The number of aryl methyl sites for hydroxylation is 2. The van der Waals surface area contributed by atoms with Gasteiger partial charge in [0.25, 0.3) is 0 Å². The number of aromatic nitrogens is 2. The van der Waals surface area contributed by atoms with Crippen molar-refractivity contribution in [3.63, 3.8) is 0 Å². The van der Waals surface area contributed by atoms with E-state index in [0.717, 1.165) is 25.4 Å². The van der Waals surface area contributed by atoms with E-state index in [-0.39, 0.29) is 0 Å². The lowest BCUT2D eigenvalue weighted by Crippen LogP contribution is -2.37. The summed E-state index contributed by atoms with van der Waals surface area (Å²) in [6, 6.07) is 0. The van der Waals surface area contributed by atoms with Crippen molar-refractivity contribution < 1.29 is 0 Å². The molecule has 1 aliphatic heterocycles. The van der Waals surface area contributed by atoms with Gasteiger partial charge in [0.1, 0.15) is 0 Å². The van der Waals surface area contributed by atoms with Crippen molar-refractivity contribution in [1.29, 1.82) is 0 Å². The zero-order valence-corrected chi connectivity index (χ0v) is 12.7. The summed E-state index contributed by atoms with van der Waals surface area (Å²) in [5.41, 5.74) is 2.59. The Morgan fingerprint density at radius 1 is 1.32 bits per heavy atom. The maximum Gasteiger partial charge on any atom is 0.0666 e. The Morgan fingerprint density at radius 3 is 2.68 bits per heavy atom. The van der Waals surface area contributed by atoms with Gasteiger partial charge in [0.15, 0.2) is 0 Å². The largest absolute Gasteiger partial charge is 0.312 e. The van der Waals surface area contributed by atoms with E-state index in [1.54, 1.807) is 0 Å². The molecule has 4 heteroatoms. The standard InChI is InChI=1S/C15H28N4/c1-4-15-14(12-18(3)17-15)11-16-10-13-6-8-19(5-2)9-7-13/h12-13,16H,4-11H2,1-3H3. The molecule has 4 nitrogen and oxygen atoms in total. The van der Waals surface area contributed by atoms with Crippen LogP contribution in [-0.4, -0.2) is 40.9 Å². The number of nitrogens with zero attached hydrogens (tertiary/aromatic N) is 3. The Hall–Kier alpha value is -0.870. The monoisotopic (exact) mass is 264 g/mol. The third-order valence-electron chi connectivity index (χ3n) is 4.23. The molecule has 1 N–H and O–H groups in total. The number of nitrogens with one attached hydrogen (secondary N) is 1. The lowest BCUT2D eigenvalue weighted by atomic mass is 9.97. The molecule has 0 saturated carbocycles. The summed E-state index contributed by atoms with van der Waals surface area (Å²) in [4.78, 5) is 2.55. The van der Waals surface area contributed by atoms with Crippen LogP contribution in [0.4, 0.5) is 0 Å². The predicted molar refractivity (Wildman–Crippen MR) is 79.1 cm³/mol. The van der Waals surface area contributed by atoms with Gasteiger partial charge in [-0.2, -0.15) is 5.10 Å². The zero-order chi connectivity index (χ0) is 13.7. The van der Waals surface area contributed by atoms with E-state index in [1.807, 2.05) is 11.7 Å². The van der Waals surface area contributed by atoms with Crippen LogP contribution in [0.15, 0.2) is 6.20 Å². The van der Waals surface area contributed by atoms with Gasteiger partial charge in [0.05, 0.1) is 5.69 Å². The Balaban J connectivity index is 1.72. The van der Waals surface area contributed by atoms with E-state index in [4.69, 9.17) is 0 Å². The normalized spacial score (nSPS) is 18.1. The third kappa shape index (κ3) is 4.05. The van der Waals surface area contributed by atoms with Crippen LogP contribution in [0.5, 0.6) is 0 Å². The minimum Gasteiger partial charge on any atom is -0.312 e. The molecule has 1 saturated heterocycles. The highest BCUT2D eigenvalue weighted by Crippen LogP contribution is 2.16. The second kappa shape index (κ2) is 7.06. The van der Waals surface area contributed by atoms with Crippen molar-refractivity contribution in [3.05, 3.63) is 17.5 Å². The molecule has 1 aliphatic rings. The summed E-state index contributed by atoms with van der Waals surface area (Å²) in [6.45, 7) is 10.3. The topological polar surface area (TPSA) is 33.1 Å². The van der Waals surface area contributed by atoms with Gasteiger partial charge in [-0.1, -0.05) is 13.8 Å². The fourth-order valence-electron chi connectivity index (χ4n) is 2.95. The maximum absolute atomic E-state index is 4.49. The molecule has 0 aliphatic carbocycles. The summed E-state index contributed by atoms with van der Waals surface area (Å²) in [5, 5.41) is 8.11. The number of hydrogen-bond donors (Lipinski definition) is 1. The van der Waals surface area contributed by atoms with Gasteiger partial charge in [-0.15, -0.1) is 0 Å². The molecular formula is C15H28N4. The number of rotatable bonds is 6. The average molecular weight is 264 g/mol. The molecule has 0 unspecified atom stereocenters. The third-order valence-corrected chi connectivity index (χ3v) is 4.23. The van der Waals surface area contributed by atoms with Gasteiger partial charge < -0.3 is 10.2 Å². The minimum atomic E-state index is 0.851. The van der Waals surface area contributed by atoms with Crippen LogP contribution in [0, 0.1) is 5.92 Å². The van der Waals surface area contributed by atoms with E-state index in [9.17, 15) is 0 Å². The first-order valence-corrected chi connectivity index (χ1v) is 7.67. The first kappa shape index (κ1) is 14.5. The van der Waals surface area contributed by atoms with Crippen LogP contribution in [0.3, 0.4) is 0 Å². The molecule has 1 aromatic rings. The molecule has 1 fully saturated rings. The molecule has 108 valence electrons. The van der Waals surface area contributed by atoms with Crippen LogP contribution < -0.4 is 5.32 Å². The van der Waals surface area contributed by atoms with Crippen molar-refractivity contribution in [1.82, 2.24) is 20.0 Å². The predicted octanol–water partition coefficient (Wildman–Crippen LogP) is 1.80. The lowest BCUT2D eigenvalue weighted by Gasteiger charge is -2.31. The molecule has 1 aromatic heterocycles. The Kier molecular flexibility index (Phi) is 5.40. The molecular weight excluding hydrogens is 236 g/mol. The fraction of sp³-hybridized carbons (Fsp3) is 0.800. The van der Waals surface area contributed by atoms with Crippen LogP contribution in [0.2, 0.25) is 0 Å². The SMILES string of the molecule is CCc1nn(C)cc1CNCC1CCN(CC)CC1. The van der Waals surface area contributed by atoms with Crippen molar-refractivity contribution in [2.45, 2.75) is 39.7 Å². The van der Waals surface area contributed by atoms with Crippen LogP contribution in [-0.2, 0) is 20.0 Å². The lowest BCUT2D eigenvalue weighted by molar-refractivity contribution is 0.190. The summed E-state index contributed by atoms with van der Waals surface area (Å²) in [5.74, 6) is 0.851. The van der Waals surface area contributed by atoms with Gasteiger partial charge in [0, 0.05) is 25.4 Å². The van der Waals surface area contributed by atoms with Crippen molar-refractivity contribution in [2.75, 3.05) is 26.2 Å². The molecule has 2 heterocycles. The number of hydrogen-bond acceptors (Lipinski definition) is 3. The summed E-state index contributed by atoms with van der Waals surface area (Å²) >= 11 is 0. The molecule has 0 radical (unpaired) electrons. The Bertz CT molecular complexity index is 377.